The Morgan fingerprint density at radius 1 is 1.17 bits per heavy atom. The van der Waals surface area contributed by atoms with Crippen LogP contribution in [0.2, 0.25) is 0 Å². The molecule has 260 valence electrons. The van der Waals surface area contributed by atoms with Gasteiger partial charge in [-0.1, -0.05) is 18.2 Å². The van der Waals surface area contributed by atoms with E-state index in [0.29, 0.717) is 5.52 Å². The zero-order chi connectivity index (χ0) is 35.6. The van der Waals surface area contributed by atoms with Crippen LogP contribution in [-0.2, 0) is 38.0 Å². The number of imidazole rings is 1. The van der Waals surface area contributed by atoms with Crippen molar-refractivity contribution in [1.29, 1.82) is 0 Å². The predicted octanol–water partition coefficient (Wildman–Crippen LogP) is 2.16. The van der Waals surface area contributed by atoms with E-state index in [1.54, 1.807) is 37.3 Å². The fourth-order valence-electron chi connectivity index (χ4n) is 4.18. The molecule has 0 saturated heterocycles. The van der Waals surface area contributed by atoms with Crippen molar-refractivity contribution in [2.24, 2.45) is 0 Å². The Labute approximate surface area is 272 Å². The number of nitrogen functional groups attached to an aromatic ring is 1. The predicted molar refractivity (Wildman–Crippen MR) is 163 cm³/mol. The lowest BCUT2D eigenvalue weighted by Crippen LogP contribution is -2.42. The summed E-state index contributed by atoms with van der Waals surface area (Å²) in [4.78, 5) is 55.2. The molecule has 48 heavy (non-hydrogen) atoms. The average molecular weight is 697 g/mol. The van der Waals surface area contributed by atoms with Gasteiger partial charge >= 0.3 is 25.4 Å². The van der Waals surface area contributed by atoms with Gasteiger partial charge in [-0.2, -0.15) is 0 Å². The van der Waals surface area contributed by atoms with Crippen LogP contribution in [0.5, 0.6) is 5.75 Å². The molecule has 18 nitrogen and oxygen atoms in total. The maximum Gasteiger partial charge on any atom is 0.342 e. The number of hydrogen-bond acceptors (Lipinski definition) is 14. The zero-order valence-electron chi connectivity index (χ0n) is 25.9. The van der Waals surface area contributed by atoms with E-state index in [1.165, 1.54) is 24.1 Å². The number of anilines is 1. The van der Waals surface area contributed by atoms with Crippen LogP contribution < -0.4 is 15.3 Å². The monoisotopic (exact) mass is 696 g/mol. The van der Waals surface area contributed by atoms with Gasteiger partial charge in [-0.25, -0.2) is 29.2 Å². The number of nitrogens with one attached hydrogen (secondary N) is 1. The molecule has 2 aromatic heterocycles. The lowest BCUT2D eigenvalue weighted by molar-refractivity contribution is -0.167. The van der Waals surface area contributed by atoms with Gasteiger partial charge in [0.1, 0.15) is 29.4 Å². The van der Waals surface area contributed by atoms with E-state index in [1.807, 2.05) is 0 Å². The Balaban J connectivity index is 0.000000408. The molecule has 4 rings (SSSR count). The summed E-state index contributed by atoms with van der Waals surface area (Å²) in [5, 5.41) is 28.6. The normalized spacial score (nSPS) is 18.7. The van der Waals surface area contributed by atoms with Gasteiger partial charge in [-0.3, -0.25) is 23.5 Å². The first-order valence-corrected chi connectivity index (χ1v) is 15.9. The molecule has 1 aromatic carbocycles. The third-order valence-electron chi connectivity index (χ3n) is 6.25. The van der Waals surface area contributed by atoms with Crippen molar-refractivity contribution < 1.29 is 62.2 Å². The number of ketones is 1. The summed E-state index contributed by atoms with van der Waals surface area (Å²) in [6.07, 6.45) is -1.01. The van der Waals surface area contributed by atoms with Crippen LogP contribution in [0.4, 0.5) is 10.2 Å². The van der Waals surface area contributed by atoms with E-state index in [9.17, 15) is 33.2 Å². The Morgan fingerprint density at radius 2 is 1.85 bits per heavy atom. The molecule has 0 fully saturated rings. The second-order valence-corrected chi connectivity index (χ2v) is 12.3. The number of hydrogen-bond donors (Lipinski definition) is 5. The number of para-hydroxylation sites is 1. The number of nitrogens with zero attached hydrogens (tertiary/aromatic N) is 4. The largest absolute Gasteiger partial charge is 0.481 e. The van der Waals surface area contributed by atoms with Gasteiger partial charge in [0.15, 0.2) is 41.8 Å². The van der Waals surface area contributed by atoms with E-state index in [2.05, 4.69) is 20.0 Å². The molecule has 0 aliphatic carbocycles. The third-order valence-corrected chi connectivity index (χ3v) is 8.03. The molecule has 5 atom stereocenters. The second-order valence-electron chi connectivity index (χ2n) is 10.3. The Kier molecular flexibility index (Phi) is 12.8. The average Bonchev–Trinajstić information content (AvgIpc) is 3.60. The molecule has 0 radical (unpaired) electrons. The summed E-state index contributed by atoms with van der Waals surface area (Å²) < 4.78 is 51.5. The van der Waals surface area contributed by atoms with Crippen LogP contribution >= 0.6 is 7.52 Å². The van der Waals surface area contributed by atoms with Gasteiger partial charge in [0.25, 0.3) is 0 Å². The molecule has 1 aliphatic rings. The number of esters is 1. The topological polar surface area (TPSA) is 265 Å². The zero-order valence-corrected chi connectivity index (χ0v) is 26.8. The number of halogens is 1. The molecule has 0 bridgehead atoms. The first kappa shape index (κ1) is 37.6. The minimum absolute atomic E-state index is 0.143. The van der Waals surface area contributed by atoms with E-state index in [-0.39, 0.29) is 23.8 Å². The number of benzene rings is 1. The fourth-order valence-corrected chi connectivity index (χ4v) is 5.86. The number of carbonyl (C=O) groups is 4. The van der Waals surface area contributed by atoms with Gasteiger partial charge < -0.3 is 39.8 Å². The first-order chi connectivity index (χ1) is 22.6. The van der Waals surface area contributed by atoms with Crippen LogP contribution in [-0.4, -0.2) is 89.4 Å². The number of ether oxygens (including phenoxy) is 3. The van der Waals surface area contributed by atoms with Crippen LogP contribution in [0.1, 0.15) is 39.8 Å². The maximum absolute atomic E-state index is 14.8. The van der Waals surface area contributed by atoms with Gasteiger partial charge in [-0.15, -0.1) is 0 Å². The van der Waals surface area contributed by atoms with Gasteiger partial charge in [0, 0.05) is 12.5 Å². The summed E-state index contributed by atoms with van der Waals surface area (Å²) in [6.45, 7) is 4.38. The summed E-state index contributed by atoms with van der Waals surface area (Å²) in [5.41, 5.74) is 3.87. The molecule has 0 spiro atoms. The van der Waals surface area contributed by atoms with Gasteiger partial charge in [0.2, 0.25) is 0 Å². The van der Waals surface area contributed by atoms with Gasteiger partial charge in [-0.05, 0) is 32.9 Å². The minimum atomic E-state index is -3.83. The fraction of sp³-hybridized carbons (Fsp3) is 0.393. The molecule has 1 unspecified atom stereocenters. The second kappa shape index (κ2) is 16.3. The molecule has 0 amide bonds. The van der Waals surface area contributed by atoms with E-state index >= 15 is 0 Å². The van der Waals surface area contributed by atoms with Crippen LogP contribution in [0.3, 0.4) is 0 Å². The van der Waals surface area contributed by atoms with Crippen molar-refractivity contribution in [2.75, 3.05) is 18.7 Å². The number of aliphatic carboxylic acids is 2. The highest BCUT2D eigenvalue weighted by Gasteiger charge is 2.40. The van der Waals surface area contributed by atoms with E-state index in [0.717, 1.165) is 13.0 Å². The van der Waals surface area contributed by atoms with Crippen molar-refractivity contribution in [3.8, 4) is 5.75 Å². The summed E-state index contributed by atoms with van der Waals surface area (Å²) in [6, 6.07) is 7.40. The van der Waals surface area contributed by atoms with E-state index < -0.39 is 80.4 Å². The highest BCUT2D eigenvalue weighted by Crippen LogP contribution is 2.45. The summed E-state index contributed by atoms with van der Waals surface area (Å²) >= 11 is 0. The number of carbonyl (C=O) groups excluding carboxylic acids is 2. The van der Waals surface area contributed by atoms with Crippen LogP contribution in [0.15, 0.2) is 54.9 Å². The molecular weight excluding hydrogens is 662 g/mol. The number of nitrogens with two attached hydrogens (primary N) is 1. The van der Waals surface area contributed by atoms with Gasteiger partial charge in [0.05, 0.1) is 19.4 Å². The highest BCUT2D eigenvalue weighted by molar-refractivity contribution is 7.57. The van der Waals surface area contributed by atoms with Crippen molar-refractivity contribution in [3.05, 3.63) is 54.9 Å². The lowest BCUT2D eigenvalue weighted by Gasteiger charge is -2.24. The van der Waals surface area contributed by atoms with Crippen molar-refractivity contribution in [2.45, 2.75) is 57.8 Å². The smallest absolute Gasteiger partial charge is 0.342 e. The van der Waals surface area contributed by atoms with Crippen LogP contribution in [0, 0.1) is 0 Å². The number of fused-ring (bicyclic) bond motifs is 1. The maximum atomic E-state index is 14.8. The minimum Gasteiger partial charge on any atom is -0.481 e. The Bertz CT molecular complexity index is 1690. The number of Topliss-reactive ketones (excluding diaryl/α,β-unsaturated/α-hetero) is 1. The number of carboxylic acids is 2. The Hall–Kier alpha value is -4.81. The molecule has 1 aliphatic heterocycles. The molecule has 0 saturated carbocycles. The first-order valence-electron chi connectivity index (χ1n) is 14.1. The standard InChI is InChI=1S/C21H24FN6O6P.C7H10O6/c1-3-31-21(29)13(2)27-35(30,34-14-7-5-4-6-8-14)12-32-16-9-15(22)20(33-16)28-11-26-17-18(23)24-10-25-19(17)28;1-4(8)2-7(13,6(11)12)3-5(9)10/h4-11,13,16,20H,3,12H2,1-2H3,(H,27,30)(H2,23,24,25);13H,2-3H2,1H3,(H,9,10)(H,11,12)/t13-,16-,20+,35-;/m0./s1. The highest BCUT2D eigenvalue weighted by atomic mass is 31.2. The molecule has 3 heterocycles. The van der Waals surface area contributed by atoms with E-state index in [4.69, 9.17) is 34.7 Å². The quantitative estimate of drug-likeness (QED) is 0.113. The van der Waals surface area contributed by atoms with Crippen molar-refractivity contribution in [3.63, 3.8) is 0 Å². The number of rotatable bonds is 15. The lowest BCUT2D eigenvalue weighted by atomic mass is 9.94. The van der Waals surface area contributed by atoms with Crippen molar-refractivity contribution >= 4 is 48.2 Å². The molecule has 20 heteroatoms. The Morgan fingerprint density at radius 3 is 2.46 bits per heavy atom. The molecule has 6 N–H and O–H groups in total. The molecule has 3 aromatic rings. The SMILES string of the molecule is CC(=O)CC(O)(CC(=O)O)C(=O)O.CCOC(=O)[C@H](C)N[P@](=O)(CO[C@@H]1C=C(F)[C@H](n2cnc3c(N)ncnc32)O1)Oc1ccccc1. The molecular formula is C28H34FN6O12P. The number of carboxylic acid groups (broad SMARTS) is 2. The van der Waals surface area contributed by atoms with Crippen molar-refractivity contribution in [1.82, 2.24) is 24.6 Å². The summed E-state index contributed by atoms with van der Waals surface area (Å²) in [7, 11) is -3.83. The third kappa shape index (κ3) is 10.1. The summed E-state index contributed by atoms with van der Waals surface area (Å²) in [5.74, 6) is -4.59. The van der Waals surface area contributed by atoms with Crippen LogP contribution in [0.25, 0.3) is 11.2 Å². The number of aliphatic hydroxyl groups is 1. The number of aromatic nitrogens is 4.